The molecule has 1 saturated heterocycles. The molecular formula is C20H21N5O2S. The summed E-state index contributed by atoms with van der Waals surface area (Å²) in [6.45, 7) is 1.62. The van der Waals surface area contributed by atoms with Crippen LogP contribution in [0.5, 0.6) is 0 Å². The number of thiazole rings is 1. The van der Waals surface area contributed by atoms with Crippen molar-refractivity contribution in [1.82, 2.24) is 15.2 Å². The van der Waals surface area contributed by atoms with Gasteiger partial charge in [-0.2, -0.15) is 5.10 Å². The van der Waals surface area contributed by atoms with Crippen LogP contribution >= 0.6 is 11.3 Å². The van der Waals surface area contributed by atoms with E-state index in [9.17, 15) is 4.79 Å². The van der Waals surface area contributed by atoms with Crippen LogP contribution in [0, 0.1) is 5.92 Å². The zero-order valence-electron chi connectivity index (χ0n) is 15.4. The molecule has 0 aromatic carbocycles. The second-order valence-corrected chi connectivity index (χ2v) is 8.21. The van der Waals surface area contributed by atoms with E-state index in [4.69, 9.17) is 4.42 Å². The number of amides is 1. The summed E-state index contributed by atoms with van der Waals surface area (Å²) in [7, 11) is 0. The van der Waals surface area contributed by atoms with Crippen molar-refractivity contribution in [3.8, 4) is 11.5 Å². The van der Waals surface area contributed by atoms with E-state index in [1.54, 1.807) is 6.26 Å². The molecule has 0 radical (unpaired) electrons. The van der Waals surface area contributed by atoms with Crippen molar-refractivity contribution >= 4 is 28.2 Å². The van der Waals surface area contributed by atoms with Crippen LogP contribution in [0.1, 0.15) is 37.3 Å². The number of nitrogens with one attached hydrogen (secondary N) is 1. The molecule has 144 valence electrons. The molecule has 5 rings (SSSR count). The lowest BCUT2D eigenvalue weighted by Gasteiger charge is -2.31. The van der Waals surface area contributed by atoms with Crippen molar-refractivity contribution < 1.29 is 9.21 Å². The zero-order chi connectivity index (χ0) is 18.9. The molecule has 1 saturated carbocycles. The molecule has 0 spiro atoms. The Kier molecular flexibility index (Phi) is 4.56. The van der Waals surface area contributed by atoms with Gasteiger partial charge in [0, 0.05) is 30.3 Å². The molecule has 1 amide bonds. The fourth-order valence-corrected chi connectivity index (χ4v) is 4.25. The Morgan fingerprint density at radius 1 is 1.14 bits per heavy atom. The number of rotatable bonds is 5. The molecule has 7 nitrogen and oxygen atoms in total. The van der Waals surface area contributed by atoms with Gasteiger partial charge in [-0.05, 0) is 49.9 Å². The molecular weight excluding hydrogens is 374 g/mol. The Balaban J connectivity index is 1.15. The highest BCUT2D eigenvalue weighted by atomic mass is 32.1. The number of hydrogen-bond donors (Lipinski definition) is 1. The molecule has 8 heteroatoms. The van der Waals surface area contributed by atoms with Gasteiger partial charge < -0.3 is 14.6 Å². The van der Waals surface area contributed by atoms with Crippen molar-refractivity contribution in [2.24, 2.45) is 5.92 Å². The quantitative estimate of drug-likeness (QED) is 0.705. The van der Waals surface area contributed by atoms with E-state index in [2.05, 4.69) is 37.5 Å². The number of carbonyl (C=O) groups is 1. The normalized spacial score (nSPS) is 17.6. The predicted molar refractivity (Wildman–Crippen MR) is 107 cm³/mol. The summed E-state index contributed by atoms with van der Waals surface area (Å²) in [5, 5.41) is 14.2. The number of anilines is 2. The molecule has 0 unspecified atom stereocenters. The summed E-state index contributed by atoms with van der Waals surface area (Å²) in [6.07, 6.45) is 5.68. The number of furan rings is 1. The molecule has 1 aliphatic carbocycles. The lowest BCUT2D eigenvalue weighted by Crippen LogP contribution is -2.38. The Hall–Kier alpha value is -2.74. The largest absolute Gasteiger partial charge is 0.463 e. The van der Waals surface area contributed by atoms with Gasteiger partial charge in [0.15, 0.2) is 16.7 Å². The second-order valence-electron chi connectivity index (χ2n) is 7.36. The minimum Gasteiger partial charge on any atom is -0.463 e. The van der Waals surface area contributed by atoms with Gasteiger partial charge in [-0.15, -0.1) is 16.4 Å². The van der Waals surface area contributed by atoms with Crippen LogP contribution in [0.3, 0.4) is 0 Å². The molecule has 0 atom stereocenters. The Morgan fingerprint density at radius 3 is 2.68 bits per heavy atom. The van der Waals surface area contributed by atoms with Crippen LogP contribution in [0.4, 0.5) is 10.9 Å². The van der Waals surface area contributed by atoms with Gasteiger partial charge in [-0.25, -0.2) is 4.98 Å². The highest BCUT2D eigenvalue weighted by Gasteiger charge is 2.28. The van der Waals surface area contributed by atoms with E-state index in [1.807, 2.05) is 17.5 Å². The van der Waals surface area contributed by atoms with Gasteiger partial charge in [0.2, 0.25) is 5.91 Å². The van der Waals surface area contributed by atoms with Crippen LogP contribution in [0.15, 0.2) is 40.3 Å². The fraction of sp³-hybridized carbons (Fsp3) is 0.400. The first-order chi connectivity index (χ1) is 13.8. The first-order valence-electron chi connectivity index (χ1n) is 9.65. The van der Waals surface area contributed by atoms with E-state index in [1.165, 1.54) is 24.2 Å². The Morgan fingerprint density at radius 2 is 2.00 bits per heavy atom. The monoisotopic (exact) mass is 395 g/mol. The minimum absolute atomic E-state index is 0.00842. The molecule has 0 bridgehead atoms. The molecule has 1 N–H and O–H groups in total. The van der Waals surface area contributed by atoms with E-state index < -0.39 is 0 Å². The van der Waals surface area contributed by atoms with Gasteiger partial charge in [-0.3, -0.25) is 4.79 Å². The van der Waals surface area contributed by atoms with Crippen molar-refractivity contribution in [3.05, 3.63) is 41.6 Å². The predicted octanol–water partition coefficient (Wildman–Crippen LogP) is 3.93. The third kappa shape index (κ3) is 3.64. The zero-order valence-corrected chi connectivity index (χ0v) is 16.2. The van der Waals surface area contributed by atoms with E-state index in [0.29, 0.717) is 16.8 Å². The smallest absolute Gasteiger partial charge is 0.229 e. The van der Waals surface area contributed by atoms with Gasteiger partial charge in [0.25, 0.3) is 0 Å². The lowest BCUT2D eigenvalue weighted by atomic mass is 9.96. The van der Waals surface area contributed by atoms with Crippen LogP contribution in [0.2, 0.25) is 0 Å². The van der Waals surface area contributed by atoms with Crippen molar-refractivity contribution in [3.63, 3.8) is 0 Å². The van der Waals surface area contributed by atoms with Crippen LogP contribution in [-0.2, 0) is 4.79 Å². The van der Waals surface area contributed by atoms with E-state index in [0.717, 1.165) is 43.1 Å². The minimum atomic E-state index is -0.00842. The average molecular weight is 395 g/mol. The third-order valence-electron chi connectivity index (χ3n) is 5.36. The molecule has 28 heavy (non-hydrogen) atoms. The van der Waals surface area contributed by atoms with Crippen LogP contribution < -0.4 is 10.2 Å². The first kappa shape index (κ1) is 17.4. The highest BCUT2D eigenvalue weighted by molar-refractivity contribution is 7.14. The molecule has 3 aromatic heterocycles. The summed E-state index contributed by atoms with van der Waals surface area (Å²) in [4.78, 5) is 19.3. The molecule has 4 heterocycles. The van der Waals surface area contributed by atoms with E-state index in [-0.39, 0.29) is 11.8 Å². The molecule has 3 aromatic rings. The van der Waals surface area contributed by atoms with Crippen molar-refractivity contribution in [2.75, 3.05) is 23.3 Å². The SMILES string of the molecule is O=C(Nc1nc(-c2ccco2)cs1)C1CCN(c2ccc(C3CC3)nn2)CC1. The summed E-state index contributed by atoms with van der Waals surface area (Å²) in [5.74, 6) is 2.27. The summed E-state index contributed by atoms with van der Waals surface area (Å²) in [5.41, 5.74) is 1.85. The number of carbonyl (C=O) groups excluding carboxylic acids is 1. The van der Waals surface area contributed by atoms with Gasteiger partial charge in [0.05, 0.1) is 12.0 Å². The van der Waals surface area contributed by atoms with Gasteiger partial charge in [-0.1, -0.05) is 0 Å². The summed E-state index contributed by atoms with van der Waals surface area (Å²) < 4.78 is 5.35. The average Bonchev–Trinajstić information content (AvgIpc) is 3.23. The standard InChI is InChI=1S/C20H21N5O2S/c26-19(22-20-21-16(12-28-20)17-2-1-11-27-17)14-7-9-25(10-8-14)18-6-5-15(23-24-18)13-3-4-13/h1-2,5-6,11-14H,3-4,7-10H2,(H,21,22,26). The third-order valence-corrected chi connectivity index (χ3v) is 6.12. The molecule has 2 fully saturated rings. The molecule has 1 aliphatic heterocycles. The maximum absolute atomic E-state index is 12.6. The van der Waals surface area contributed by atoms with Crippen LogP contribution in [0.25, 0.3) is 11.5 Å². The Labute approximate surface area is 166 Å². The molecule has 2 aliphatic rings. The second kappa shape index (κ2) is 7.35. The van der Waals surface area contributed by atoms with E-state index >= 15 is 0 Å². The van der Waals surface area contributed by atoms with Crippen LogP contribution in [-0.4, -0.2) is 34.2 Å². The summed E-state index contributed by atoms with van der Waals surface area (Å²) in [6, 6.07) is 7.84. The van der Waals surface area contributed by atoms with Gasteiger partial charge >= 0.3 is 0 Å². The number of nitrogens with zero attached hydrogens (tertiary/aromatic N) is 4. The topological polar surface area (TPSA) is 84.2 Å². The number of piperidine rings is 1. The Bertz CT molecular complexity index is 941. The number of hydrogen-bond acceptors (Lipinski definition) is 7. The number of aromatic nitrogens is 3. The fourth-order valence-electron chi connectivity index (χ4n) is 3.55. The highest BCUT2D eigenvalue weighted by Crippen LogP contribution is 2.38. The summed E-state index contributed by atoms with van der Waals surface area (Å²) >= 11 is 1.41. The maximum atomic E-state index is 12.6. The van der Waals surface area contributed by atoms with Crippen molar-refractivity contribution in [2.45, 2.75) is 31.6 Å². The lowest BCUT2D eigenvalue weighted by molar-refractivity contribution is -0.120. The first-order valence-corrected chi connectivity index (χ1v) is 10.5. The van der Waals surface area contributed by atoms with Crippen molar-refractivity contribution in [1.29, 1.82) is 0 Å². The van der Waals surface area contributed by atoms with Gasteiger partial charge in [0.1, 0.15) is 5.69 Å². The maximum Gasteiger partial charge on any atom is 0.229 e.